The van der Waals surface area contributed by atoms with Crippen molar-refractivity contribution in [3.63, 3.8) is 0 Å². The minimum absolute atomic E-state index is 1.11. The van der Waals surface area contributed by atoms with Crippen molar-refractivity contribution in [3.05, 3.63) is 48.8 Å². The van der Waals surface area contributed by atoms with E-state index in [1.54, 1.807) is 0 Å². The molecule has 88 valence electrons. The molecule has 0 atom stereocenters. The predicted molar refractivity (Wildman–Crippen MR) is 74.5 cm³/mol. The molecule has 0 saturated heterocycles. The van der Waals surface area contributed by atoms with E-state index in [9.17, 15) is 0 Å². The van der Waals surface area contributed by atoms with Crippen molar-refractivity contribution in [3.8, 4) is 0 Å². The van der Waals surface area contributed by atoms with Crippen molar-refractivity contribution in [1.29, 1.82) is 0 Å². The number of hydrogen-bond donors (Lipinski definition) is 0. The highest BCUT2D eigenvalue weighted by Crippen LogP contribution is 2.19. The van der Waals surface area contributed by atoms with E-state index >= 15 is 0 Å². The zero-order valence-corrected chi connectivity index (χ0v) is 11.1. The molecule has 0 aliphatic heterocycles. The van der Waals surface area contributed by atoms with Gasteiger partial charge in [-0.25, -0.2) is 9.97 Å². The third-order valence-corrected chi connectivity index (χ3v) is 4.12. The SMILES string of the molecule is c1ccc(SCCCSc2ccccn2)nc1. The molecule has 0 unspecified atom stereocenters. The highest BCUT2D eigenvalue weighted by atomic mass is 32.2. The molecule has 0 amide bonds. The fourth-order valence-electron chi connectivity index (χ4n) is 1.28. The van der Waals surface area contributed by atoms with Gasteiger partial charge in [-0.3, -0.25) is 0 Å². The molecule has 2 rings (SSSR count). The van der Waals surface area contributed by atoms with Crippen molar-refractivity contribution in [2.45, 2.75) is 16.5 Å². The van der Waals surface area contributed by atoms with Gasteiger partial charge >= 0.3 is 0 Å². The van der Waals surface area contributed by atoms with E-state index in [1.807, 2.05) is 60.2 Å². The molecular formula is C13H14N2S2. The van der Waals surface area contributed by atoms with Crippen molar-refractivity contribution < 1.29 is 0 Å². The summed E-state index contributed by atoms with van der Waals surface area (Å²) < 4.78 is 0. The second-order valence-corrected chi connectivity index (χ2v) is 5.62. The normalized spacial score (nSPS) is 10.4. The molecule has 0 saturated carbocycles. The van der Waals surface area contributed by atoms with Gasteiger partial charge in [0.15, 0.2) is 0 Å². The Balaban J connectivity index is 1.61. The summed E-state index contributed by atoms with van der Waals surface area (Å²) in [6.45, 7) is 0. The summed E-state index contributed by atoms with van der Waals surface area (Å²) in [6.07, 6.45) is 4.85. The Hall–Kier alpha value is -1.00. The largest absolute Gasteiger partial charge is 0.250 e. The van der Waals surface area contributed by atoms with Crippen LogP contribution in [-0.2, 0) is 0 Å². The molecule has 0 radical (unpaired) electrons. The van der Waals surface area contributed by atoms with Gasteiger partial charge in [-0.1, -0.05) is 12.1 Å². The molecule has 0 spiro atoms. The summed E-state index contributed by atoms with van der Waals surface area (Å²) in [7, 11) is 0. The van der Waals surface area contributed by atoms with Crippen molar-refractivity contribution in [2.75, 3.05) is 11.5 Å². The maximum Gasteiger partial charge on any atom is 0.0959 e. The van der Waals surface area contributed by atoms with E-state index in [-0.39, 0.29) is 0 Å². The second-order valence-electron chi connectivity index (χ2n) is 3.39. The quantitative estimate of drug-likeness (QED) is 0.585. The monoisotopic (exact) mass is 262 g/mol. The maximum atomic E-state index is 4.28. The van der Waals surface area contributed by atoms with Gasteiger partial charge in [-0.05, 0) is 30.7 Å². The summed E-state index contributed by atoms with van der Waals surface area (Å²) in [5.74, 6) is 2.22. The first-order chi connectivity index (χ1) is 8.45. The van der Waals surface area contributed by atoms with Crippen LogP contribution < -0.4 is 0 Å². The van der Waals surface area contributed by atoms with Crippen LogP contribution in [0.1, 0.15) is 6.42 Å². The summed E-state index contributed by atoms with van der Waals surface area (Å²) in [5, 5.41) is 2.21. The second kappa shape index (κ2) is 7.35. The molecule has 0 aliphatic carbocycles. The van der Waals surface area contributed by atoms with Crippen LogP contribution in [0.25, 0.3) is 0 Å². The van der Waals surface area contributed by atoms with Crippen LogP contribution >= 0.6 is 23.5 Å². The first-order valence-corrected chi connectivity index (χ1v) is 7.50. The Kier molecular flexibility index (Phi) is 5.39. The van der Waals surface area contributed by atoms with Crippen molar-refractivity contribution >= 4 is 23.5 Å². The third kappa shape index (κ3) is 4.79. The lowest BCUT2D eigenvalue weighted by atomic mass is 10.5. The number of nitrogens with zero attached hydrogens (tertiary/aromatic N) is 2. The summed E-state index contributed by atoms with van der Waals surface area (Å²) in [6, 6.07) is 12.0. The van der Waals surface area contributed by atoms with Crippen LogP contribution in [0.2, 0.25) is 0 Å². The molecule has 0 N–H and O–H groups in total. The van der Waals surface area contributed by atoms with Gasteiger partial charge in [-0.15, -0.1) is 23.5 Å². The molecule has 2 nitrogen and oxygen atoms in total. The topological polar surface area (TPSA) is 25.8 Å². The van der Waals surface area contributed by atoms with E-state index in [0.29, 0.717) is 0 Å². The van der Waals surface area contributed by atoms with Crippen LogP contribution in [0, 0.1) is 0 Å². The number of pyridine rings is 2. The van der Waals surface area contributed by atoms with Gasteiger partial charge in [0.05, 0.1) is 10.1 Å². The van der Waals surface area contributed by atoms with Crippen LogP contribution in [0.4, 0.5) is 0 Å². The molecule has 4 heteroatoms. The lowest BCUT2D eigenvalue weighted by molar-refractivity contribution is 1.08. The first kappa shape index (κ1) is 12.5. The lowest BCUT2D eigenvalue weighted by Crippen LogP contribution is -1.86. The average Bonchev–Trinajstić information content (AvgIpc) is 2.41. The molecule has 2 heterocycles. The van der Waals surface area contributed by atoms with E-state index < -0.39 is 0 Å². The Labute approximate surface area is 110 Å². The van der Waals surface area contributed by atoms with E-state index in [2.05, 4.69) is 22.1 Å². The van der Waals surface area contributed by atoms with Crippen LogP contribution in [0.5, 0.6) is 0 Å². The average molecular weight is 262 g/mol. The summed E-state index contributed by atoms with van der Waals surface area (Å²) in [5.41, 5.74) is 0. The highest BCUT2D eigenvalue weighted by Gasteiger charge is 1.96. The molecule has 17 heavy (non-hydrogen) atoms. The highest BCUT2D eigenvalue weighted by molar-refractivity contribution is 8.00. The van der Waals surface area contributed by atoms with Gasteiger partial charge in [0, 0.05) is 23.9 Å². The number of aromatic nitrogens is 2. The van der Waals surface area contributed by atoms with Gasteiger partial charge in [0.2, 0.25) is 0 Å². The fourth-order valence-corrected chi connectivity index (χ4v) is 3.08. The summed E-state index contributed by atoms with van der Waals surface area (Å²) in [4.78, 5) is 8.56. The maximum absolute atomic E-state index is 4.28. The van der Waals surface area contributed by atoms with E-state index in [1.165, 1.54) is 6.42 Å². The third-order valence-electron chi connectivity index (χ3n) is 2.06. The van der Waals surface area contributed by atoms with Gasteiger partial charge in [0.1, 0.15) is 0 Å². The molecule has 0 fully saturated rings. The first-order valence-electron chi connectivity index (χ1n) is 5.53. The molecule has 0 aliphatic rings. The molecule has 0 aromatic carbocycles. The van der Waals surface area contributed by atoms with Crippen LogP contribution in [0.15, 0.2) is 58.8 Å². The van der Waals surface area contributed by atoms with Gasteiger partial charge in [-0.2, -0.15) is 0 Å². The number of rotatable bonds is 6. The molecular weight excluding hydrogens is 248 g/mol. The van der Waals surface area contributed by atoms with Crippen molar-refractivity contribution in [2.24, 2.45) is 0 Å². The Morgan fingerprint density at radius 2 is 1.29 bits per heavy atom. The Morgan fingerprint density at radius 3 is 1.71 bits per heavy atom. The Morgan fingerprint density at radius 1 is 0.765 bits per heavy atom. The number of thioether (sulfide) groups is 2. The molecule has 2 aromatic heterocycles. The van der Waals surface area contributed by atoms with E-state index in [0.717, 1.165) is 21.6 Å². The predicted octanol–water partition coefficient (Wildman–Crippen LogP) is 3.75. The molecule has 0 bridgehead atoms. The van der Waals surface area contributed by atoms with Gasteiger partial charge < -0.3 is 0 Å². The Bertz CT molecular complexity index is 378. The lowest BCUT2D eigenvalue weighted by Gasteiger charge is -2.01. The number of hydrogen-bond acceptors (Lipinski definition) is 4. The van der Waals surface area contributed by atoms with Crippen LogP contribution in [-0.4, -0.2) is 21.5 Å². The zero-order valence-electron chi connectivity index (χ0n) is 9.45. The fraction of sp³-hybridized carbons (Fsp3) is 0.231. The summed E-state index contributed by atoms with van der Waals surface area (Å²) >= 11 is 3.62. The van der Waals surface area contributed by atoms with E-state index in [4.69, 9.17) is 0 Å². The molecule has 2 aromatic rings. The minimum atomic E-state index is 1.11. The van der Waals surface area contributed by atoms with Crippen molar-refractivity contribution in [1.82, 2.24) is 9.97 Å². The minimum Gasteiger partial charge on any atom is -0.250 e. The van der Waals surface area contributed by atoms with Crippen LogP contribution in [0.3, 0.4) is 0 Å². The standard InChI is InChI=1S/C13H14N2S2/c1-3-8-14-12(6-1)16-10-5-11-17-13-7-2-4-9-15-13/h1-4,6-9H,5,10-11H2. The zero-order chi connectivity index (χ0) is 11.8. The van der Waals surface area contributed by atoms with Gasteiger partial charge in [0.25, 0.3) is 0 Å². The smallest absolute Gasteiger partial charge is 0.0959 e.